The molecule has 5 rings (SSSR count). The molecule has 2 N–H and O–H groups in total. The molecular formula is C37H51BrN4O8. The van der Waals surface area contributed by atoms with E-state index in [0.717, 1.165) is 18.7 Å². The summed E-state index contributed by atoms with van der Waals surface area (Å²) in [5.74, 6) is -3.02. The van der Waals surface area contributed by atoms with E-state index >= 15 is 0 Å². The van der Waals surface area contributed by atoms with Crippen LogP contribution in [0.4, 0.5) is 0 Å². The van der Waals surface area contributed by atoms with Crippen molar-refractivity contribution in [2.75, 3.05) is 65.7 Å². The number of esters is 1. The fourth-order valence-corrected chi connectivity index (χ4v) is 8.81. The number of amides is 3. The lowest BCUT2D eigenvalue weighted by atomic mass is 9.70. The molecule has 4 fully saturated rings. The van der Waals surface area contributed by atoms with Gasteiger partial charge in [0.25, 0.3) is 0 Å². The molecule has 50 heavy (non-hydrogen) atoms. The number of benzene rings is 1. The van der Waals surface area contributed by atoms with Crippen molar-refractivity contribution < 1.29 is 38.5 Å². The third-order valence-electron chi connectivity index (χ3n) is 10.3. The van der Waals surface area contributed by atoms with Gasteiger partial charge in [0.1, 0.15) is 18.2 Å². The molecule has 4 saturated heterocycles. The van der Waals surface area contributed by atoms with Crippen LogP contribution in [0.1, 0.15) is 50.1 Å². The molecule has 4 heterocycles. The zero-order chi connectivity index (χ0) is 35.7. The average Bonchev–Trinajstić information content (AvgIpc) is 3.72. The number of allylic oxidation sites excluding steroid dienone is 1. The standard InChI is InChI=1S/C37H51BrN4O8/c1-3-5-14-29(44)49-25-28(26-12-8-6-9-13-26)39-34(45)30-31-35(46)42(16-10-7-11-21-43)33(37(31)24-27(38)32(30)50-37)36(47)41(15-4-2)18-17-40-19-22-48-23-20-40/h3-4,6,8-9,12-13,27-28,30-33,43H,1-2,5,7,10-11,14-25H2,(H,39,45)/t27?,28-,30+,31-,32+,33+,37-/m1/s1. The number of carbonyl (C=O) groups is 4. The molecule has 1 aromatic rings. The van der Waals surface area contributed by atoms with Gasteiger partial charge in [-0.25, -0.2) is 0 Å². The quantitative estimate of drug-likeness (QED) is 0.0945. The fourth-order valence-electron chi connectivity index (χ4n) is 7.87. The van der Waals surface area contributed by atoms with E-state index < -0.39 is 41.6 Å². The average molecular weight is 760 g/mol. The second-order valence-electron chi connectivity index (χ2n) is 13.5. The van der Waals surface area contributed by atoms with Crippen molar-refractivity contribution in [3.05, 3.63) is 61.2 Å². The Morgan fingerprint density at radius 3 is 2.58 bits per heavy atom. The van der Waals surface area contributed by atoms with Gasteiger partial charge in [-0.2, -0.15) is 0 Å². The number of rotatable bonds is 19. The van der Waals surface area contributed by atoms with Gasteiger partial charge in [-0.15, -0.1) is 13.2 Å². The molecule has 2 bridgehead atoms. The summed E-state index contributed by atoms with van der Waals surface area (Å²) in [6.45, 7) is 12.1. The van der Waals surface area contributed by atoms with Gasteiger partial charge >= 0.3 is 5.97 Å². The normalized spacial score (nSPS) is 27.8. The van der Waals surface area contributed by atoms with Gasteiger partial charge in [-0.1, -0.05) is 58.4 Å². The van der Waals surface area contributed by atoms with E-state index in [2.05, 4.69) is 39.3 Å². The maximum Gasteiger partial charge on any atom is 0.306 e. The first-order valence-corrected chi connectivity index (χ1v) is 18.7. The lowest BCUT2D eigenvalue weighted by molar-refractivity contribution is -0.148. The SMILES string of the molecule is C=CCCC(=O)OC[C@@H](NC(=O)[C@@H]1[C@H]2O[C@@]3(CC2Br)[C@H](C(=O)N(CC=C)CCN2CCOCC2)N(CCCCCO)C(=O)[C@@H]13)c1ccccc1. The summed E-state index contributed by atoms with van der Waals surface area (Å²) in [5, 5.41) is 12.5. The molecule has 7 atom stereocenters. The van der Waals surface area contributed by atoms with Crippen LogP contribution in [0, 0.1) is 11.8 Å². The van der Waals surface area contributed by atoms with Gasteiger partial charge in [0, 0.05) is 57.1 Å². The highest BCUT2D eigenvalue weighted by atomic mass is 79.9. The van der Waals surface area contributed by atoms with Crippen LogP contribution in [-0.2, 0) is 33.4 Å². The highest BCUT2D eigenvalue weighted by Gasteiger charge is 2.76. The van der Waals surface area contributed by atoms with E-state index in [0.29, 0.717) is 71.5 Å². The lowest BCUT2D eigenvalue weighted by Gasteiger charge is -2.38. The zero-order valence-electron chi connectivity index (χ0n) is 28.8. The molecule has 1 aromatic carbocycles. The number of alkyl halides is 1. The summed E-state index contributed by atoms with van der Waals surface area (Å²) < 4.78 is 17.8. The highest BCUT2D eigenvalue weighted by molar-refractivity contribution is 9.09. The Morgan fingerprint density at radius 1 is 1.12 bits per heavy atom. The Balaban J connectivity index is 1.41. The Morgan fingerprint density at radius 2 is 1.88 bits per heavy atom. The second kappa shape index (κ2) is 17.9. The molecule has 4 aliphatic rings. The minimum atomic E-state index is -1.20. The first kappa shape index (κ1) is 38.1. The van der Waals surface area contributed by atoms with Gasteiger partial charge in [-0.05, 0) is 37.7 Å². The van der Waals surface area contributed by atoms with Gasteiger partial charge in [-0.3, -0.25) is 24.1 Å². The predicted octanol–water partition coefficient (Wildman–Crippen LogP) is 2.61. The lowest BCUT2D eigenvalue weighted by Crippen LogP contribution is -2.58. The molecule has 13 heteroatoms. The van der Waals surface area contributed by atoms with Crippen molar-refractivity contribution in [1.29, 1.82) is 0 Å². The number of unbranched alkanes of at least 4 members (excludes halogenated alkanes) is 2. The summed E-state index contributed by atoms with van der Waals surface area (Å²) >= 11 is 3.76. The van der Waals surface area contributed by atoms with E-state index in [-0.39, 0.29) is 42.2 Å². The summed E-state index contributed by atoms with van der Waals surface area (Å²) in [5.41, 5.74) is -0.452. The molecule has 274 valence electrons. The number of nitrogens with one attached hydrogen (secondary N) is 1. The molecule has 4 aliphatic heterocycles. The number of morpholine rings is 1. The van der Waals surface area contributed by atoms with Crippen LogP contribution >= 0.6 is 15.9 Å². The third-order valence-corrected chi connectivity index (χ3v) is 11.2. The second-order valence-corrected chi connectivity index (χ2v) is 14.7. The summed E-state index contributed by atoms with van der Waals surface area (Å²) in [6, 6.07) is 7.67. The van der Waals surface area contributed by atoms with Crippen LogP contribution in [0.25, 0.3) is 0 Å². The molecular weight excluding hydrogens is 708 g/mol. The molecule has 3 amide bonds. The number of aliphatic hydroxyl groups is 1. The number of nitrogens with zero attached hydrogens (tertiary/aromatic N) is 3. The van der Waals surface area contributed by atoms with Crippen LogP contribution < -0.4 is 5.32 Å². The number of likely N-dealkylation sites (tertiary alicyclic amines) is 1. The van der Waals surface area contributed by atoms with Gasteiger partial charge in [0.05, 0.1) is 37.2 Å². The van der Waals surface area contributed by atoms with Crippen molar-refractivity contribution in [2.24, 2.45) is 11.8 Å². The van der Waals surface area contributed by atoms with E-state index in [1.807, 2.05) is 30.3 Å². The first-order valence-electron chi connectivity index (χ1n) is 17.8. The molecule has 0 radical (unpaired) electrons. The molecule has 0 aliphatic carbocycles. The number of hydrogen-bond donors (Lipinski definition) is 2. The van der Waals surface area contributed by atoms with Gasteiger partial charge in [0.2, 0.25) is 17.7 Å². The molecule has 1 unspecified atom stereocenters. The number of aliphatic hydroxyl groups excluding tert-OH is 1. The minimum absolute atomic E-state index is 0.0436. The monoisotopic (exact) mass is 758 g/mol. The number of carbonyl (C=O) groups excluding carboxylic acids is 4. The summed E-state index contributed by atoms with van der Waals surface area (Å²) in [6.07, 6.45) is 5.63. The molecule has 12 nitrogen and oxygen atoms in total. The topological polar surface area (TPSA) is 138 Å². The largest absolute Gasteiger partial charge is 0.463 e. The van der Waals surface area contributed by atoms with Crippen LogP contribution in [0.5, 0.6) is 0 Å². The van der Waals surface area contributed by atoms with Crippen molar-refractivity contribution in [3.8, 4) is 0 Å². The van der Waals surface area contributed by atoms with E-state index in [9.17, 15) is 24.3 Å². The van der Waals surface area contributed by atoms with Crippen LogP contribution in [0.3, 0.4) is 0 Å². The predicted molar refractivity (Wildman–Crippen MR) is 190 cm³/mol. The minimum Gasteiger partial charge on any atom is -0.463 e. The van der Waals surface area contributed by atoms with Crippen molar-refractivity contribution in [1.82, 2.24) is 20.0 Å². The van der Waals surface area contributed by atoms with Gasteiger partial charge < -0.3 is 34.4 Å². The molecule has 0 aromatic heterocycles. The smallest absolute Gasteiger partial charge is 0.306 e. The number of hydrogen-bond acceptors (Lipinski definition) is 9. The maximum absolute atomic E-state index is 14.7. The van der Waals surface area contributed by atoms with Crippen LogP contribution in [0.2, 0.25) is 0 Å². The Hall–Kier alpha value is -3.10. The summed E-state index contributed by atoms with van der Waals surface area (Å²) in [7, 11) is 0. The fraction of sp³-hybridized carbons (Fsp3) is 0.622. The zero-order valence-corrected chi connectivity index (χ0v) is 30.3. The maximum atomic E-state index is 14.7. The molecule has 0 saturated carbocycles. The molecule has 1 spiro atoms. The van der Waals surface area contributed by atoms with E-state index in [4.69, 9.17) is 14.2 Å². The summed E-state index contributed by atoms with van der Waals surface area (Å²) in [4.78, 5) is 61.4. The van der Waals surface area contributed by atoms with Crippen molar-refractivity contribution in [2.45, 2.75) is 67.1 Å². The third kappa shape index (κ3) is 8.33. The van der Waals surface area contributed by atoms with Crippen LogP contribution in [-0.4, -0.2) is 132 Å². The van der Waals surface area contributed by atoms with Crippen LogP contribution in [0.15, 0.2) is 55.6 Å². The van der Waals surface area contributed by atoms with E-state index in [1.165, 1.54) is 0 Å². The number of halogens is 1. The number of ether oxygens (including phenoxy) is 3. The highest BCUT2D eigenvalue weighted by Crippen LogP contribution is 2.60. The van der Waals surface area contributed by atoms with Crippen molar-refractivity contribution in [3.63, 3.8) is 0 Å². The first-order chi connectivity index (χ1) is 24.2. The Kier molecular flexibility index (Phi) is 13.7. The van der Waals surface area contributed by atoms with Crippen molar-refractivity contribution >= 4 is 39.6 Å². The Bertz CT molecular complexity index is 1360. The Labute approximate surface area is 303 Å². The van der Waals surface area contributed by atoms with E-state index in [1.54, 1.807) is 22.0 Å². The number of fused-ring (bicyclic) bond motifs is 1. The van der Waals surface area contributed by atoms with Gasteiger partial charge in [0.15, 0.2) is 0 Å².